The fraction of sp³-hybridized carbons (Fsp3) is 0.533. The van der Waals surface area contributed by atoms with Gasteiger partial charge in [-0.1, -0.05) is 24.6 Å². The summed E-state index contributed by atoms with van der Waals surface area (Å²) in [6.45, 7) is 9.05. The van der Waals surface area contributed by atoms with Crippen molar-refractivity contribution in [1.29, 1.82) is 0 Å². The summed E-state index contributed by atoms with van der Waals surface area (Å²) in [5.74, 6) is 0.870. The summed E-state index contributed by atoms with van der Waals surface area (Å²) < 4.78 is 5.63. The van der Waals surface area contributed by atoms with E-state index in [4.69, 9.17) is 4.74 Å². The molecule has 0 spiro atoms. The van der Waals surface area contributed by atoms with E-state index in [1.54, 1.807) is 0 Å². The van der Waals surface area contributed by atoms with E-state index < -0.39 is 0 Å². The zero-order valence-corrected chi connectivity index (χ0v) is 12.2. The molecule has 0 bridgehead atoms. The molecule has 2 N–H and O–H groups in total. The first-order chi connectivity index (χ1) is 9.02. The number of aryl methyl sites for hydroxylation is 2. The van der Waals surface area contributed by atoms with Crippen molar-refractivity contribution in [2.45, 2.75) is 40.2 Å². The highest BCUT2D eigenvalue weighted by Gasteiger charge is 2.04. The molecule has 0 heterocycles. The van der Waals surface area contributed by atoms with Crippen LogP contribution in [0.5, 0.6) is 5.75 Å². The molecule has 2 amide bonds. The summed E-state index contributed by atoms with van der Waals surface area (Å²) in [6, 6.07) is 6.12. The fourth-order valence-corrected chi connectivity index (χ4v) is 1.66. The van der Waals surface area contributed by atoms with Crippen molar-refractivity contribution in [1.82, 2.24) is 10.6 Å². The Morgan fingerprint density at radius 1 is 1.37 bits per heavy atom. The van der Waals surface area contributed by atoms with Crippen LogP contribution < -0.4 is 15.4 Å². The van der Waals surface area contributed by atoms with Gasteiger partial charge < -0.3 is 15.4 Å². The number of hydrogen-bond donors (Lipinski definition) is 2. The van der Waals surface area contributed by atoms with Gasteiger partial charge in [-0.05, 0) is 38.8 Å². The molecule has 0 aromatic heterocycles. The van der Waals surface area contributed by atoms with Crippen molar-refractivity contribution in [3.05, 3.63) is 29.3 Å². The smallest absolute Gasteiger partial charge is 0.315 e. The van der Waals surface area contributed by atoms with Gasteiger partial charge in [0.05, 0.1) is 6.54 Å². The van der Waals surface area contributed by atoms with Crippen molar-refractivity contribution in [3.8, 4) is 5.75 Å². The normalized spacial score (nSPS) is 11.8. The Hall–Kier alpha value is -1.71. The third kappa shape index (κ3) is 5.64. The maximum Gasteiger partial charge on any atom is 0.315 e. The van der Waals surface area contributed by atoms with Gasteiger partial charge in [0, 0.05) is 6.04 Å². The van der Waals surface area contributed by atoms with Crippen LogP contribution in [0.1, 0.15) is 31.4 Å². The van der Waals surface area contributed by atoms with E-state index in [-0.39, 0.29) is 12.1 Å². The monoisotopic (exact) mass is 264 g/mol. The topological polar surface area (TPSA) is 50.4 Å². The minimum absolute atomic E-state index is 0.140. The molecule has 1 aromatic carbocycles. The highest BCUT2D eigenvalue weighted by atomic mass is 16.5. The van der Waals surface area contributed by atoms with Gasteiger partial charge in [-0.25, -0.2) is 4.79 Å². The lowest BCUT2D eigenvalue weighted by molar-refractivity contribution is 0.233. The van der Waals surface area contributed by atoms with Crippen LogP contribution in [0.2, 0.25) is 0 Å². The molecule has 1 aromatic rings. The molecule has 0 fully saturated rings. The number of amides is 2. The standard InChI is InChI=1S/C15H24N2O2/c1-5-13(4)17-15(18)16-8-9-19-14-7-6-11(2)10-12(14)3/h6-7,10,13H,5,8-9H2,1-4H3,(H2,16,17,18). The number of carbonyl (C=O) groups excluding carboxylic acids is 1. The van der Waals surface area contributed by atoms with Gasteiger partial charge >= 0.3 is 6.03 Å². The summed E-state index contributed by atoms with van der Waals surface area (Å²) >= 11 is 0. The summed E-state index contributed by atoms with van der Waals surface area (Å²) in [5, 5.41) is 5.62. The van der Waals surface area contributed by atoms with Gasteiger partial charge in [-0.2, -0.15) is 0 Å². The van der Waals surface area contributed by atoms with Gasteiger partial charge in [0.25, 0.3) is 0 Å². The van der Waals surface area contributed by atoms with E-state index in [1.807, 2.05) is 32.9 Å². The third-order valence-electron chi connectivity index (χ3n) is 2.97. The third-order valence-corrected chi connectivity index (χ3v) is 2.97. The van der Waals surface area contributed by atoms with Gasteiger partial charge in [0.2, 0.25) is 0 Å². The first-order valence-corrected chi connectivity index (χ1v) is 6.77. The molecule has 0 aliphatic rings. The minimum Gasteiger partial charge on any atom is -0.491 e. The second-order valence-electron chi connectivity index (χ2n) is 4.83. The highest BCUT2D eigenvalue weighted by Crippen LogP contribution is 2.18. The Kier molecular flexibility index (Phi) is 6.19. The fourth-order valence-electron chi connectivity index (χ4n) is 1.66. The van der Waals surface area contributed by atoms with Crippen molar-refractivity contribution in [2.75, 3.05) is 13.2 Å². The summed E-state index contributed by atoms with van der Waals surface area (Å²) in [4.78, 5) is 11.5. The molecule has 4 heteroatoms. The number of benzene rings is 1. The van der Waals surface area contributed by atoms with Crippen LogP contribution >= 0.6 is 0 Å². The van der Waals surface area contributed by atoms with Gasteiger partial charge in [-0.15, -0.1) is 0 Å². The zero-order valence-electron chi connectivity index (χ0n) is 12.2. The van der Waals surface area contributed by atoms with Crippen LogP contribution in [0, 0.1) is 13.8 Å². The molecule has 0 saturated carbocycles. The first-order valence-electron chi connectivity index (χ1n) is 6.77. The Bertz CT molecular complexity index is 419. The van der Waals surface area contributed by atoms with Gasteiger partial charge in [0.15, 0.2) is 0 Å². The second-order valence-corrected chi connectivity index (χ2v) is 4.83. The molecule has 4 nitrogen and oxygen atoms in total. The number of urea groups is 1. The maximum atomic E-state index is 11.5. The molecule has 1 unspecified atom stereocenters. The van der Waals surface area contributed by atoms with E-state index in [1.165, 1.54) is 5.56 Å². The van der Waals surface area contributed by atoms with Crippen LogP contribution in [0.25, 0.3) is 0 Å². The van der Waals surface area contributed by atoms with Crippen LogP contribution in [0.15, 0.2) is 18.2 Å². The first kappa shape index (κ1) is 15.3. The van der Waals surface area contributed by atoms with Crippen LogP contribution in [0.4, 0.5) is 4.79 Å². The lowest BCUT2D eigenvalue weighted by Gasteiger charge is -2.13. The molecular weight excluding hydrogens is 240 g/mol. The Morgan fingerprint density at radius 2 is 2.11 bits per heavy atom. The molecule has 106 valence electrons. The quantitative estimate of drug-likeness (QED) is 0.776. The van der Waals surface area contributed by atoms with Crippen molar-refractivity contribution < 1.29 is 9.53 Å². The molecule has 0 saturated heterocycles. The van der Waals surface area contributed by atoms with E-state index in [9.17, 15) is 4.79 Å². The van der Waals surface area contributed by atoms with E-state index in [0.717, 1.165) is 17.7 Å². The lowest BCUT2D eigenvalue weighted by Crippen LogP contribution is -2.41. The van der Waals surface area contributed by atoms with Gasteiger partial charge in [-0.3, -0.25) is 0 Å². The van der Waals surface area contributed by atoms with E-state index in [2.05, 4.69) is 23.6 Å². The predicted molar refractivity (Wildman–Crippen MR) is 77.7 cm³/mol. The molecule has 19 heavy (non-hydrogen) atoms. The Labute approximate surface area is 115 Å². The average molecular weight is 264 g/mol. The number of carbonyl (C=O) groups is 1. The van der Waals surface area contributed by atoms with Crippen LogP contribution in [0.3, 0.4) is 0 Å². The Morgan fingerprint density at radius 3 is 2.74 bits per heavy atom. The van der Waals surface area contributed by atoms with Crippen LogP contribution in [-0.4, -0.2) is 25.2 Å². The average Bonchev–Trinajstić information content (AvgIpc) is 2.36. The van der Waals surface area contributed by atoms with E-state index in [0.29, 0.717) is 13.2 Å². The summed E-state index contributed by atoms with van der Waals surface area (Å²) in [6.07, 6.45) is 0.923. The molecule has 1 atom stereocenters. The number of rotatable bonds is 6. The van der Waals surface area contributed by atoms with Gasteiger partial charge in [0.1, 0.15) is 12.4 Å². The van der Waals surface area contributed by atoms with Crippen molar-refractivity contribution >= 4 is 6.03 Å². The van der Waals surface area contributed by atoms with E-state index >= 15 is 0 Å². The zero-order chi connectivity index (χ0) is 14.3. The summed E-state index contributed by atoms with van der Waals surface area (Å²) in [5.41, 5.74) is 2.33. The van der Waals surface area contributed by atoms with Crippen molar-refractivity contribution in [3.63, 3.8) is 0 Å². The molecule has 0 aliphatic carbocycles. The minimum atomic E-state index is -0.140. The van der Waals surface area contributed by atoms with Crippen LogP contribution in [-0.2, 0) is 0 Å². The highest BCUT2D eigenvalue weighted by molar-refractivity contribution is 5.74. The number of nitrogens with one attached hydrogen (secondary N) is 2. The molecule has 0 aliphatic heterocycles. The predicted octanol–water partition coefficient (Wildman–Crippen LogP) is 2.78. The number of ether oxygens (including phenoxy) is 1. The largest absolute Gasteiger partial charge is 0.491 e. The molecular formula is C15H24N2O2. The maximum absolute atomic E-state index is 11.5. The summed E-state index contributed by atoms with van der Waals surface area (Å²) in [7, 11) is 0. The Balaban J connectivity index is 2.25. The molecule has 0 radical (unpaired) electrons. The SMILES string of the molecule is CCC(C)NC(=O)NCCOc1ccc(C)cc1C. The number of hydrogen-bond acceptors (Lipinski definition) is 2. The molecule has 1 rings (SSSR count). The van der Waals surface area contributed by atoms with Crippen molar-refractivity contribution in [2.24, 2.45) is 0 Å². The lowest BCUT2D eigenvalue weighted by atomic mass is 10.1. The second kappa shape index (κ2) is 7.67.